The fourth-order valence-corrected chi connectivity index (χ4v) is 3.04. The Bertz CT molecular complexity index is 153. The molecule has 0 bridgehead atoms. The molecule has 2 atom stereocenters. The minimum absolute atomic E-state index is 0.832. The van der Waals surface area contributed by atoms with E-state index in [9.17, 15) is 0 Å². The van der Waals surface area contributed by atoms with Gasteiger partial charge in [0.1, 0.15) is 0 Å². The highest BCUT2D eigenvalue weighted by Gasteiger charge is 2.33. The van der Waals surface area contributed by atoms with E-state index in [1.165, 1.54) is 38.8 Å². The number of nitrogens with one attached hydrogen (secondary N) is 1. The second-order valence-corrected chi connectivity index (χ2v) is 4.70. The lowest BCUT2D eigenvalue weighted by molar-refractivity contribution is 0.118. The minimum atomic E-state index is 0.832. The number of nitrogens with zero attached hydrogens (tertiary/aromatic N) is 1. The van der Waals surface area contributed by atoms with Crippen LogP contribution < -0.4 is 5.32 Å². The molecule has 0 aromatic heterocycles. The summed E-state index contributed by atoms with van der Waals surface area (Å²) in [6, 6.07) is 2.53. The Hall–Kier alpha value is -0.0800. The van der Waals surface area contributed by atoms with Gasteiger partial charge in [0.05, 0.1) is 0 Å². The Morgan fingerprint density at radius 2 is 1.46 bits per heavy atom. The molecule has 0 radical (unpaired) electrons. The highest BCUT2D eigenvalue weighted by atomic mass is 15.2. The van der Waals surface area contributed by atoms with E-state index in [-0.39, 0.29) is 0 Å². The molecule has 0 aromatic rings. The van der Waals surface area contributed by atoms with Crippen molar-refractivity contribution in [2.24, 2.45) is 0 Å². The third-order valence-electron chi connectivity index (χ3n) is 3.75. The minimum Gasteiger partial charge on any atom is -0.317 e. The van der Waals surface area contributed by atoms with E-state index in [1.807, 2.05) is 0 Å². The van der Waals surface area contributed by atoms with E-state index in [4.69, 9.17) is 0 Å². The quantitative estimate of drug-likeness (QED) is 0.663. The van der Waals surface area contributed by atoms with Crippen molar-refractivity contribution in [1.29, 1.82) is 0 Å². The van der Waals surface area contributed by atoms with Crippen LogP contribution in [0.25, 0.3) is 0 Å². The van der Waals surface area contributed by atoms with Gasteiger partial charge < -0.3 is 5.32 Å². The molecule has 2 aliphatic rings. The first-order chi connectivity index (χ1) is 6.29. The van der Waals surface area contributed by atoms with E-state index in [0.717, 1.165) is 18.1 Å². The molecule has 0 spiro atoms. The van der Waals surface area contributed by atoms with Crippen LogP contribution in [0.1, 0.15) is 39.5 Å². The van der Waals surface area contributed by atoms with Gasteiger partial charge in [0.25, 0.3) is 0 Å². The molecular weight excluding hydrogens is 160 g/mol. The molecule has 0 amide bonds. The number of hydrogen-bond donors (Lipinski definition) is 1. The Morgan fingerprint density at radius 1 is 0.923 bits per heavy atom. The summed E-state index contributed by atoms with van der Waals surface area (Å²) in [7, 11) is 0. The van der Waals surface area contributed by atoms with Crippen molar-refractivity contribution >= 4 is 0 Å². The summed E-state index contributed by atoms with van der Waals surface area (Å²) >= 11 is 0. The first-order valence-electron chi connectivity index (χ1n) is 5.77. The average Bonchev–Trinajstić information content (AvgIpc) is 2.48. The van der Waals surface area contributed by atoms with Gasteiger partial charge in [0, 0.05) is 18.1 Å². The molecule has 0 aromatic carbocycles. The molecule has 0 saturated carbocycles. The van der Waals surface area contributed by atoms with Crippen molar-refractivity contribution in [2.75, 3.05) is 13.1 Å². The summed E-state index contributed by atoms with van der Waals surface area (Å²) in [6.07, 6.45) is 5.53. The third kappa shape index (κ3) is 1.89. The van der Waals surface area contributed by atoms with Crippen LogP contribution in [0.2, 0.25) is 0 Å². The van der Waals surface area contributed by atoms with E-state index >= 15 is 0 Å². The molecule has 2 heteroatoms. The van der Waals surface area contributed by atoms with Crippen molar-refractivity contribution in [3.05, 3.63) is 0 Å². The zero-order chi connectivity index (χ0) is 9.26. The maximum atomic E-state index is 3.44. The monoisotopic (exact) mass is 182 g/mol. The summed E-state index contributed by atoms with van der Waals surface area (Å²) in [5.41, 5.74) is 0. The summed E-state index contributed by atoms with van der Waals surface area (Å²) in [6.45, 7) is 7.23. The second kappa shape index (κ2) is 3.97. The maximum Gasteiger partial charge on any atom is 0.0125 e. The van der Waals surface area contributed by atoms with Crippen LogP contribution in [0.15, 0.2) is 0 Å². The van der Waals surface area contributed by atoms with Crippen molar-refractivity contribution in [3.8, 4) is 0 Å². The van der Waals surface area contributed by atoms with Crippen molar-refractivity contribution in [3.63, 3.8) is 0 Å². The highest BCUT2D eigenvalue weighted by Crippen LogP contribution is 2.28. The van der Waals surface area contributed by atoms with Crippen LogP contribution in [0.4, 0.5) is 0 Å². The summed E-state index contributed by atoms with van der Waals surface area (Å²) in [5, 5.41) is 3.44. The Balaban J connectivity index is 1.96. The largest absolute Gasteiger partial charge is 0.317 e. The van der Waals surface area contributed by atoms with Crippen LogP contribution >= 0.6 is 0 Å². The van der Waals surface area contributed by atoms with Crippen LogP contribution in [0, 0.1) is 0 Å². The average molecular weight is 182 g/mol. The topological polar surface area (TPSA) is 15.3 Å². The Morgan fingerprint density at radius 3 is 2.00 bits per heavy atom. The number of piperidine rings is 1. The van der Waals surface area contributed by atoms with Crippen molar-refractivity contribution in [2.45, 2.75) is 57.7 Å². The zero-order valence-corrected chi connectivity index (χ0v) is 8.92. The number of hydrogen-bond acceptors (Lipinski definition) is 2. The van der Waals surface area contributed by atoms with Gasteiger partial charge in [0.15, 0.2) is 0 Å². The van der Waals surface area contributed by atoms with Crippen LogP contribution in [-0.2, 0) is 0 Å². The van der Waals surface area contributed by atoms with Crippen LogP contribution in [-0.4, -0.2) is 36.1 Å². The van der Waals surface area contributed by atoms with E-state index in [1.54, 1.807) is 0 Å². The predicted octanol–water partition coefficient (Wildman–Crippen LogP) is 1.61. The third-order valence-corrected chi connectivity index (χ3v) is 3.75. The molecule has 1 N–H and O–H groups in total. The maximum absolute atomic E-state index is 3.44. The lowest BCUT2D eigenvalue weighted by Crippen LogP contribution is -2.47. The normalized spacial score (nSPS) is 38.3. The van der Waals surface area contributed by atoms with Gasteiger partial charge in [-0.15, -0.1) is 0 Å². The van der Waals surface area contributed by atoms with Gasteiger partial charge >= 0.3 is 0 Å². The van der Waals surface area contributed by atoms with E-state index < -0.39 is 0 Å². The zero-order valence-electron chi connectivity index (χ0n) is 8.92. The SMILES string of the molecule is C[C@@H]1CC[C@@H](C)N1C1CCNCC1. The molecule has 2 fully saturated rings. The summed E-state index contributed by atoms with van der Waals surface area (Å²) in [5.74, 6) is 0. The van der Waals surface area contributed by atoms with Gasteiger partial charge in [-0.1, -0.05) is 0 Å². The fraction of sp³-hybridized carbons (Fsp3) is 1.00. The van der Waals surface area contributed by atoms with Crippen LogP contribution in [0.3, 0.4) is 0 Å². The van der Waals surface area contributed by atoms with Gasteiger partial charge in [-0.25, -0.2) is 0 Å². The molecule has 0 unspecified atom stereocenters. The molecule has 0 aliphatic carbocycles. The lowest BCUT2D eigenvalue weighted by atomic mass is 10.0. The molecule has 2 heterocycles. The van der Waals surface area contributed by atoms with Crippen molar-refractivity contribution in [1.82, 2.24) is 10.2 Å². The molecular formula is C11H22N2. The molecule has 76 valence electrons. The smallest absolute Gasteiger partial charge is 0.0125 e. The first-order valence-corrected chi connectivity index (χ1v) is 5.77. The molecule has 13 heavy (non-hydrogen) atoms. The first kappa shape index (κ1) is 9.47. The van der Waals surface area contributed by atoms with E-state index in [2.05, 4.69) is 24.1 Å². The van der Waals surface area contributed by atoms with Gasteiger partial charge in [-0.3, -0.25) is 4.90 Å². The molecule has 2 nitrogen and oxygen atoms in total. The van der Waals surface area contributed by atoms with Gasteiger partial charge in [-0.05, 0) is 52.6 Å². The predicted molar refractivity (Wildman–Crippen MR) is 55.9 cm³/mol. The Labute approximate surface area is 81.7 Å². The molecule has 2 saturated heterocycles. The summed E-state index contributed by atoms with van der Waals surface area (Å²) < 4.78 is 0. The molecule has 2 rings (SSSR count). The number of likely N-dealkylation sites (tertiary alicyclic amines) is 1. The number of rotatable bonds is 1. The standard InChI is InChI=1S/C11H22N2/c1-9-3-4-10(2)13(9)11-5-7-12-8-6-11/h9-12H,3-8H2,1-2H3/t9-,10-/m1/s1. The fourth-order valence-electron chi connectivity index (χ4n) is 3.04. The lowest BCUT2D eigenvalue weighted by Gasteiger charge is -2.37. The Kier molecular flexibility index (Phi) is 2.89. The van der Waals surface area contributed by atoms with Crippen LogP contribution in [0.5, 0.6) is 0 Å². The van der Waals surface area contributed by atoms with Gasteiger partial charge in [-0.2, -0.15) is 0 Å². The second-order valence-electron chi connectivity index (χ2n) is 4.70. The highest BCUT2D eigenvalue weighted by molar-refractivity contribution is 4.89. The van der Waals surface area contributed by atoms with Gasteiger partial charge in [0.2, 0.25) is 0 Å². The van der Waals surface area contributed by atoms with E-state index in [0.29, 0.717) is 0 Å². The van der Waals surface area contributed by atoms with Crippen molar-refractivity contribution < 1.29 is 0 Å². The summed E-state index contributed by atoms with van der Waals surface area (Å²) in [4.78, 5) is 2.76. The molecule has 2 aliphatic heterocycles.